The highest BCUT2D eigenvalue weighted by Gasteiger charge is 2.30. The average Bonchev–Trinajstić information content (AvgIpc) is 3.08. The number of nitrogens with zero attached hydrogens (tertiary/aromatic N) is 4. The molecule has 3 rings (SSSR count). The van der Waals surface area contributed by atoms with Crippen molar-refractivity contribution in [3.63, 3.8) is 0 Å². The van der Waals surface area contributed by atoms with Gasteiger partial charge in [0.25, 0.3) is 11.8 Å². The van der Waals surface area contributed by atoms with Crippen molar-refractivity contribution in [2.75, 3.05) is 25.0 Å². The number of imidazole rings is 1. The predicted octanol–water partition coefficient (Wildman–Crippen LogP) is 2.98. The van der Waals surface area contributed by atoms with Gasteiger partial charge in [0.2, 0.25) is 0 Å². The first-order valence-electron chi connectivity index (χ1n) is 9.30. The van der Waals surface area contributed by atoms with Gasteiger partial charge in [-0.15, -0.1) is 0 Å². The molecule has 6 heteroatoms. The second kappa shape index (κ2) is 7.72. The maximum Gasteiger partial charge on any atom is 0.289 e. The maximum absolute atomic E-state index is 13.1. The monoisotopic (exact) mass is 354 g/mol. The summed E-state index contributed by atoms with van der Waals surface area (Å²) in [5.74, 6) is 0.133. The lowest BCUT2D eigenvalue weighted by atomic mass is 10.1. The highest BCUT2D eigenvalue weighted by molar-refractivity contribution is 6.06. The lowest BCUT2D eigenvalue weighted by molar-refractivity contribution is 0.0754. The molecule has 1 aliphatic heterocycles. The van der Waals surface area contributed by atoms with Gasteiger partial charge in [0.05, 0.1) is 5.69 Å². The van der Waals surface area contributed by atoms with Crippen LogP contribution in [-0.2, 0) is 13.0 Å². The van der Waals surface area contributed by atoms with Crippen LogP contribution in [0.2, 0.25) is 0 Å². The summed E-state index contributed by atoms with van der Waals surface area (Å²) in [5.41, 5.74) is 2.11. The van der Waals surface area contributed by atoms with Crippen molar-refractivity contribution in [3.05, 3.63) is 47.5 Å². The Morgan fingerprint density at radius 3 is 2.42 bits per heavy atom. The fourth-order valence-corrected chi connectivity index (χ4v) is 3.46. The fourth-order valence-electron chi connectivity index (χ4n) is 3.46. The number of hydrogen-bond donors (Lipinski definition) is 0. The minimum Gasteiger partial charge on any atom is -0.337 e. The van der Waals surface area contributed by atoms with E-state index >= 15 is 0 Å². The van der Waals surface area contributed by atoms with Crippen molar-refractivity contribution in [3.8, 4) is 0 Å². The van der Waals surface area contributed by atoms with Gasteiger partial charge in [0.1, 0.15) is 0 Å². The second-order valence-corrected chi connectivity index (χ2v) is 6.52. The van der Waals surface area contributed by atoms with E-state index in [-0.39, 0.29) is 11.8 Å². The van der Waals surface area contributed by atoms with Crippen molar-refractivity contribution in [1.29, 1.82) is 0 Å². The summed E-state index contributed by atoms with van der Waals surface area (Å²) in [7, 11) is 1.75. The van der Waals surface area contributed by atoms with E-state index < -0.39 is 0 Å². The summed E-state index contributed by atoms with van der Waals surface area (Å²) >= 11 is 0. The van der Waals surface area contributed by atoms with Gasteiger partial charge in [-0.1, -0.05) is 18.2 Å². The van der Waals surface area contributed by atoms with Crippen molar-refractivity contribution < 1.29 is 9.59 Å². The number of benzene rings is 1. The third-order valence-corrected chi connectivity index (χ3v) is 5.01. The van der Waals surface area contributed by atoms with E-state index in [0.29, 0.717) is 24.6 Å². The molecule has 0 spiro atoms. The highest BCUT2D eigenvalue weighted by Crippen LogP contribution is 2.24. The summed E-state index contributed by atoms with van der Waals surface area (Å²) in [6.45, 7) is 5.91. The van der Waals surface area contributed by atoms with Crippen LogP contribution in [0.4, 0.5) is 5.69 Å². The van der Waals surface area contributed by atoms with E-state index in [1.807, 2.05) is 48.7 Å². The van der Waals surface area contributed by atoms with Crippen molar-refractivity contribution in [2.45, 2.75) is 39.7 Å². The van der Waals surface area contributed by atoms with Crippen LogP contribution >= 0.6 is 0 Å². The van der Waals surface area contributed by atoms with E-state index in [2.05, 4.69) is 4.98 Å². The molecule has 1 aliphatic rings. The lowest BCUT2D eigenvalue weighted by Crippen LogP contribution is -2.33. The zero-order valence-electron chi connectivity index (χ0n) is 15.7. The van der Waals surface area contributed by atoms with Crippen molar-refractivity contribution in [2.24, 2.45) is 0 Å². The highest BCUT2D eigenvalue weighted by atomic mass is 16.2. The Kier molecular flexibility index (Phi) is 5.40. The fraction of sp³-hybridized carbons (Fsp3) is 0.450. The number of rotatable bonds is 5. The van der Waals surface area contributed by atoms with Crippen LogP contribution < -0.4 is 4.90 Å². The SMILES string of the molecule is CCN(CC)C(=O)c1nc(C(=O)N(C)c2ccccc2)c2n1CCCC2. The zero-order valence-corrected chi connectivity index (χ0v) is 15.7. The van der Waals surface area contributed by atoms with Crippen LogP contribution in [0, 0.1) is 0 Å². The van der Waals surface area contributed by atoms with Crippen LogP contribution in [0.3, 0.4) is 0 Å². The molecule has 6 nitrogen and oxygen atoms in total. The summed E-state index contributed by atoms with van der Waals surface area (Å²) in [5, 5.41) is 0. The lowest BCUT2D eigenvalue weighted by Gasteiger charge is -2.21. The maximum atomic E-state index is 13.1. The molecular formula is C20H26N4O2. The van der Waals surface area contributed by atoms with E-state index in [4.69, 9.17) is 0 Å². The van der Waals surface area contributed by atoms with Crippen LogP contribution in [-0.4, -0.2) is 46.4 Å². The van der Waals surface area contributed by atoms with Gasteiger partial charge < -0.3 is 14.4 Å². The summed E-state index contributed by atoms with van der Waals surface area (Å²) in [6, 6.07) is 9.50. The Balaban J connectivity index is 2.00. The number of aromatic nitrogens is 2. The number of carbonyl (C=O) groups excluding carboxylic acids is 2. The quantitative estimate of drug-likeness (QED) is 0.829. The van der Waals surface area contributed by atoms with Gasteiger partial charge >= 0.3 is 0 Å². The minimum absolute atomic E-state index is 0.0976. The van der Waals surface area contributed by atoms with Crippen LogP contribution in [0.5, 0.6) is 0 Å². The molecule has 1 aromatic carbocycles. The Labute approximate surface area is 154 Å². The van der Waals surface area contributed by atoms with Crippen molar-refractivity contribution in [1.82, 2.24) is 14.5 Å². The first-order valence-corrected chi connectivity index (χ1v) is 9.30. The third kappa shape index (κ3) is 3.23. The molecule has 0 saturated carbocycles. The first kappa shape index (κ1) is 18.2. The Bertz CT molecular complexity index is 794. The van der Waals surface area contributed by atoms with Gasteiger partial charge in [0.15, 0.2) is 11.5 Å². The molecule has 2 amide bonds. The second-order valence-electron chi connectivity index (χ2n) is 6.52. The molecule has 2 aromatic rings. The van der Waals surface area contributed by atoms with Gasteiger partial charge in [-0.2, -0.15) is 0 Å². The molecule has 26 heavy (non-hydrogen) atoms. The van der Waals surface area contributed by atoms with E-state index in [1.54, 1.807) is 16.8 Å². The Morgan fingerprint density at radius 1 is 1.08 bits per heavy atom. The molecule has 0 aliphatic carbocycles. The van der Waals surface area contributed by atoms with Gasteiger partial charge in [-0.25, -0.2) is 4.98 Å². The van der Waals surface area contributed by atoms with Crippen molar-refractivity contribution >= 4 is 17.5 Å². The molecule has 0 N–H and O–H groups in total. The number of anilines is 1. The number of hydrogen-bond acceptors (Lipinski definition) is 3. The van der Waals surface area contributed by atoms with E-state index in [9.17, 15) is 9.59 Å². The first-order chi connectivity index (χ1) is 12.6. The molecule has 0 unspecified atom stereocenters. The summed E-state index contributed by atoms with van der Waals surface area (Å²) < 4.78 is 1.95. The molecule has 138 valence electrons. The average molecular weight is 354 g/mol. The topological polar surface area (TPSA) is 58.4 Å². The van der Waals surface area contributed by atoms with Gasteiger partial charge in [-0.3, -0.25) is 9.59 Å². The molecule has 0 radical (unpaired) electrons. The van der Waals surface area contributed by atoms with Crippen LogP contribution in [0.1, 0.15) is 53.5 Å². The normalized spacial score (nSPS) is 13.2. The molecule has 1 aromatic heterocycles. The smallest absolute Gasteiger partial charge is 0.289 e. The Hall–Kier alpha value is -2.63. The molecule has 0 fully saturated rings. The number of carbonyl (C=O) groups is 2. The van der Waals surface area contributed by atoms with Gasteiger partial charge in [0, 0.05) is 32.4 Å². The summed E-state index contributed by atoms with van der Waals surface area (Å²) in [6.07, 6.45) is 2.80. The Morgan fingerprint density at radius 2 is 1.77 bits per heavy atom. The minimum atomic E-state index is -0.166. The predicted molar refractivity (Wildman–Crippen MR) is 102 cm³/mol. The van der Waals surface area contributed by atoms with E-state index in [0.717, 1.165) is 37.2 Å². The zero-order chi connectivity index (χ0) is 18.7. The third-order valence-electron chi connectivity index (χ3n) is 5.01. The molecule has 2 heterocycles. The van der Waals surface area contributed by atoms with Crippen LogP contribution in [0.25, 0.3) is 0 Å². The van der Waals surface area contributed by atoms with Crippen LogP contribution in [0.15, 0.2) is 30.3 Å². The molecule has 0 saturated heterocycles. The van der Waals surface area contributed by atoms with E-state index in [1.165, 1.54) is 0 Å². The molecular weight excluding hydrogens is 328 g/mol. The molecule has 0 atom stereocenters. The molecule has 0 bridgehead atoms. The number of fused-ring (bicyclic) bond motifs is 1. The van der Waals surface area contributed by atoms with Gasteiger partial charge in [-0.05, 0) is 45.2 Å². The number of para-hydroxylation sites is 1. The standard InChI is InChI=1S/C20H26N4O2/c1-4-23(5-2)20(26)18-21-17(16-13-9-10-14-24(16)18)19(25)22(3)15-11-7-6-8-12-15/h6-8,11-12H,4-5,9-10,13-14H2,1-3H3. The largest absolute Gasteiger partial charge is 0.337 e. The summed E-state index contributed by atoms with van der Waals surface area (Å²) in [4.78, 5) is 33.8. The number of amides is 2.